The highest BCUT2D eigenvalue weighted by atomic mass is 32.2. The minimum atomic E-state index is -0.438. The van der Waals surface area contributed by atoms with Crippen molar-refractivity contribution in [2.75, 3.05) is 6.61 Å². The average molecular weight is 216 g/mol. The van der Waals surface area contributed by atoms with Crippen LogP contribution in [0.1, 0.15) is 39.5 Å². The van der Waals surface area contributed by atoms with Crippen LogP contribution in [-0.2, 0) is 4.74 Å². The van der Waals surface area contributed by atoms with Crippen molar-refractivity contribution in [1.82, 2.24) is 0 Å². The van der Waals surface area contributed by atoms with E-state index in [1.54, 1.807) is 0 Å². The van der Waals surface area contributed by atoms with E-state index in [0.717, 1.165) is 19.4 Å². The Hall–Kier alpha value is 0.270. The predicted octanol–water partition coefficient (Wildman–Crippen LogP) is 2.20. The molecule has 0 amide bonds. The van der Waals surface area contributed by atoms with E-state index in [9.17, 15) is 5.11 Å². The van der Waals surface area contributed by atoms with Gasteiger partial charge in [-0.25, -0.2) is 0 Å². The van der Waals surface area contributed by atoms with Crippen molar-refractivity contribution in [3.63, 3.8) is 0 Å². The lowest BCUT2D eigenvalue weighted by molar-refractivity contribution is 0.0730. The molecule has 2 rings (SSSR count). The standard InChI is InChI=1S/C11H20O2S/c1-8-9(5-7-13-8)14-10-4-3-6-11(10,2)12/h8-10,12H,3-7H2,1-2H3. The highest BCUT2D eigenvalue weighted by Crippen LogP contribution is 2.42. The zero-order chi connectivity index (χ0) is 10.2. The maximum Gasteiger partial charge on any atom is 0.0737 e. The van der Waals surface area contributed by atoms with Gasteiger partial charge in [0, 0.05) is 17.1 Å². The molecule has 1 aliphatic heterocycles. The van der Waals surface area contributed by atoms with E-state index < -0.39 is 5.60 Å². The maximum absolute atomic E-state index is 10.1. The number of aliphatic hydroxyl groups is 1. The first-order valence-electron chi connectivity index (χ1n) is 5.59. The van der Waals surface area contributed by atoms with Crippen LogP contribution in [0.5, 0.6) is 0 Å². The van der Waals surface area contributed by atoms with Crippen LogP contribution in [-0.4, -0.2) is 33.9 Å². The quantitative estimate of drug-likeness (QED) is 0.767. The van der Waals surface area contributed by atoms with Crippen LogP contribution < -0.4 is 0 Å². The molecule has 1 aliphatic carbocycles. The van der Waals surface area contributed by atoms with Gasteiger partial charge in [-0.2, -0.15) is 0 Å². The summed E-state index contributed by atoms with van der Waals surface area (Å²) in [5.74, 6) is 0. The summed E-state index contributed by atoms with van der Waals surface area (Å²) in [6.07, 6.45) is 4.83. The van der Waals surface area contributed by atoms with Gasteiger partial charge in [-0.05, 0) is 39.5 Å². The lowest BCUT2D eigenvalue weighted by Gasteiger charge is -2.28. The van der Waals surface area contributed by atoms with E-state index in [4.69, 9.17) is 4.74 Å². The predicted molar refractivity (Wildman–Crippen MR) is 59.7 cm³/mol. The molecule has 1 N–H and O–H groups in total. The van der Waals surface area contributed by atoms with E-state index in [2.05, 4.69) is 6.92 Å². The Morgan fingerprint density at radius 3 is 2.71 bits per heavy atom. The summed E-state index contributed by atoms with van der Waals surface area (Å²) >= 11 is 1.95. The van der Waals surface area contributed by atoms with Crippen molar-refractivity contribution in [1.29, 1.82) is 0 Å². The molecular formula is C11H20O2S. The second-order valence-corrected chi connectivity index (χ2v) is 6.22. The van der Waals surface area contributed by atoms with E-state index >= 15 is 0 Å². The van der Waals surface area contributed by atoms with E-state index in [0.29, 0.717) is 16.6 Å². The first-order valence-corrected chi connectivity index (χ1v) is 6.53. The molecule has 14 heavy (non-hydrogen) atoms. The fourth-order valence-electron chi connectivity index (χ4n) is 2.43. The molecule has 4 unspecified atom stereocenters. The smallest absolute Gasteiger partial charge is 0.0737 e. The highest BCUT2D eigenvalue weighted by molar-refractivity contribution is 8.00. The summed E-state index contributed by atoms with van der Waals surface area (Å²) in [5.41, 5.74) is -0.438. The molecule has 0 spiro atoms. The van der Waals surface area contributed by atoms with Gasteiger partial charge in [0.2, 0.25) is 0 Å². The Bertz CT molecular complexity index is 205. The molecule has 1 saturated heterocycles. The lowest BCUT2D eigenvalue weighted by atomic mass is 10.1. The average Bonchev–Trinajstić information content (AvgIpc) is 2.62. The van der Waals surface area contributed by atoms with Crippen molar-refractivity contribution in [2.24, 2.45) is 0 Å². The first kappa shape index (κ1) is 10.8. The highest BCUT2D eigenvalue weighted by Gasteiger charge is 2.40. The van der Waals surface area contributed by atoms with Crippen molar-refractivity contribution in [3.8, 4) is 0 Å². The zero-order valence-corrected chi connectivity index (χ0v) is 9.85. The van der Waals surface area contributed by atoms with Crippen LogP contribution >= 0.6 is 11.8 Å². The van der Waals surface area contributed by atoms with Crippen LogP contribution in [0.3, 0.4) is 0 Å². The van der Waals surface area contributed by atoms with Gasteiger partial charge in [-0.1, -0.05) is 0 Å². The van der Waals surface area contributed by atoms with Gasteiger partial charge in [0.15, 0.2) is 0 Å². The SMILES string of the molecule is CC1OCCC1SC1CCCC1(C)O. The molecule has 82 valence electrons. The topological polar surface area (TPSA) is 29.5 Å². The summed E-state index contributed by atoms with van der Waals surface area (Å²) in [6, 6.07) is 0. The molecule has 4 atom stereocenters. The van der Waals surface area contributed by atoms with Gasteiger partial charge in [-0.15, -0.1) is 11.8 Å². The zero-order valence-electron chi connectivity index (χ0n) is 9.03. The molecule has 2 aliphatic rings. The molecular weight excluding hydrogens is 196 g/mol. The molecule has 0 aromatic heterocycles. The van der Waals surface area contributed by atoms with Crippen molar-refractivity contribution in [2.45, 2.75) is 61.7 Å². The van der Waals surface area contributed by atoms with Crippen LogP contribution in [0, 0.1) is 0 Å². The largest absolute Gasteiger partial charge is 0.389 e. The minimum Gasteiger partial charge on any atom is -0.389 e. The summed E-state index contributed by atoms with van der Waals surface area (Å²) < 4.78 is 5.54. The Labute approximate surface area is 90.4 Å². The molecule has 0 aromatic rings. The van der Waals surface area contributed by atoms with Gasteiger partial charge in [0.1, 0.15) is 0 Å². The normalized spacial score (nSPS) is 48.6. The molecule has 1 heterocycles. The molecule has 0 bridgehead atoms. The lowest BCUT2D eigenvalue weighted by Crippen LogP contribution is -2.33. The number of ether oxygens (including phenoxy) is 1. The van der Waals surface area contributed by atoms with Crippen molar-refractivity contribution < 1.29 is 9.84 Å². The molecule has 2 nitrogen and oxygen atoms in total. The van der Waals surface area contributed by atoms with Crippen LogP contribution in [0.2, 0.25) is 0 Å². The van der Waals surface area contributed by atoms with Crippen LogP contribution in [0.25, 0.3) is 0 Å². The van der Waals surface area contributed by atoms with E-state index in [1.807, 2.05) is 18.7 Å². The fourth-order valence-corrected chi connectivity index (χ4v) is 4.10. The molecule has 0 radical (unpaired) electrons. The van der Waals surface area contributed by atoms with Gasteiger partial charge in [0.25, 0.3) is 0 Å². The summed E-state index contributed by atoms with van der Waals surface area (Å²) in [5, 5.41) is 11.2. The van der Waals surface area contributed by atoms with Crippen LogP contribution in [0.15, 0.2) is 0 Å². The molecule has 3 heteroatoms. The number of thioether (sulfide) groups is 1. The Balaban J connectivity index is 1.90. The van der Waals surface area contributed by atoms with Crippen molar-refractivity contribution in [3.05, 3.63) is 0 Å². The van der Waals surface area contributed by atoms with Gasteiger partial charge in [-0.3, -0.25) is 0 Å². The van der Waals surface area contributed by atoms with E-state index in [1.165, 1.54) is 12.8 Å². The van der Waals surface area contributed by atoms with Gasteiger partial charge >= 0.3 is 0 Å². The molecule has 0 aromatic carbocycles. The molecule has 1 saturated carbocycles. The fraction of sp³-hybridized carbons (Fsp3) is 1.00. The number of rotatable bonds is 2. The Morgan fingerprint density at radius 2 is 2.21 bits per heavy atom. The van der Waals surface area contributed by atoms with Crippen molar-refractivity contribution >= 4 is 11.8 Å². The second-order valence-electron chi connectivity index (χ2n) is 4.78. The van der Waals surface area contributed by atoms with E-state index in [-0.39, 0.29) is 0 Å². The maximum atomic E-state index is 10.1. The Kier molecular flexibility index (Phi) is 3.10. The third kappa shape index (κ3) is 2.10. The third-order valence-electron chi connectivity index (χ3n) is 3.49. The summed E-state index contributed by atoms with van der Waals surface area (Å²) in [7, 11) is 0. The minimum absolute atomic E-state index is 0.372. The number of hydrogen-bond donors (Lipinski definition) is 1. The number of hydrogen-bond acceptors (Lipinski definition) is 3. The van der Waals surface area contributed by atoms with Crippen LogP contribution in [0.4, 0.5) is 0 Å². The van der Waals surface area contributed by atoms with Gasteiger partial charge < -0.3 is 9.84 Å². The second kappa shape index (κ2) is 4.03. The third-order valence-corrected chi connectivity index (χ3v) is 5.53. The molecule has 2 fully saturated rings. The summed E-state index contributed by atoms with van der Waals surface area (Å²) in [6.45, 7) is 5.03. The van der Waals surface area contributed by atoms with Gasteiger partial charge in [0.05, 0.1) is 11.7 Å². The Morgan fingerprint density at radius 1 is 1.43 bits per heavy atom. The summed E-state index contributed by atoms with van der Waals surface area (Å²) in [4.78, 5) is 0. The first-order chi connectivity index (χ1) is 6.59. The monoisotopic (exact) mass is 216 g/mol.